The Bertz CT molecular complexity index is 318. The van der Waals surface area contributed by atoms with Crippen LogP contribution in [0.5, 0.6) is 0 Å². The largest absolute Gasteiger partial charge is 0.380 e. The van der Waals surface area contributed by atoms with Crippen molar-refractivity contribution in [3.63, 3.8) is 0 Å². The van der Waals surface area contributed by atoms with Gasteiger partial charge in [0.25, 0.3) is 0 Å². The van der Waals surface area contributed by atoms with Crippen LogP contribution < -0.4 is 0 Å². The third-order valence-corrected chi connectivity index (χ3v) is 2.36. The highest BCUT2D eigenvalue weighted by Crippen LogP contribution is 1.96. The van der Waals surface area contributed by atoms with Gasteiger partial charge in [0.05, 0.1) is 6.61 Å². The second-order valence-corrected chi connectivity index (χ2v) is 3.58. The molecular weight excluding hydrogens is 198 g/mol. The lowest BCUT2D eigenvalue weighted by Gasteiger charge is -2.04. The maximum absolute atomic E-state index is 5.45. The summed E-state index contributed by atoms with van der Waals surface area (Å²) in [4.78, 5) is 0. The molecule has 4 nitrogen and oxygen atoms in total. The lowest BCUT2D eigenvalue weighted by atomic mass is 10.4. The SMILES string of the molecule is CCCCOCCn1c(C)n[nH]c1=S. The van der Waals surface area contributed by atoms with E-state index in [0.717, 1.165) is 25.4 Å². The molecule has 0 bridgehead atoms. The van der Waals surface area contributed by atoms with Crippen LogP contribution in [-0.2, 0) is 11.3 Å². The molecule has 0 fully saturated rings. The molecule has 5 heteroatoms. The zero-order valence-electron chi connectivity index (χ0n) is 8.75. The van der Waals surface area contributed by atoms with Crippen molar-refractivity contribution in [1.82, 2.24) is 14.8 Å². The van der Waals surface area contributed by atoms with Gasteiger partial charge < -0.3 is 9.30 Å². The summed E-state index contributed by atoms with van der Waals surface area (Å²) in [6.07, 6.45) is 2.29. The maximum Gasteiger partial charge on any atom is 0.195 e. The van der Waals surface area contributed by atoms with Gasteiger partial charge in [-0.25, -0.2) is 0 Å². The zero-order chi connectivity index (χ0) is 10.4. The molecule has 0 saturated carbocycles. The van der Waals surface area contributed by atoms with E-state index >= 15 is 0 Å². The highest BCUT2D eigenvalue weighted by Gasteiger charge is 1.99. The summed E-state index contributed by atoms with van der Waals surface area (Å²) in [5.41, 5.74) is 0. The number of hydrogen-bond donors (Lipinski definition) is 1. The predicted octanol–water partition coefficient (Wildman–Crippen LogP) is 2.07. The average molecular weight is 215 g/mol. The van der Waals surface area contributed by atoms with Gasteiger partial charge >= 0.3 is 0 Å². The number of ether oxygens (including phenoxy) is 1. The average Bonchev–Trinajstić information content (AvgIpc) is 2.48. The number of unbranched alkanes of at least 4 members (excludes halogenated alkanes) is 1. The first-order valence-electron chi connectivity index (χ1n) is 4.95. The molecule has 1 heterocycles. The quantitative estimate of drug-likeness (QED) is 0.583. The Labute approximate surface area is 89.3 Å². The van der Waals surface area contributed by atoms with E-state index in [1.54, 1.807) is 0 Å². The topological polar surface area (TPSA) is 42.8 Å². The van der Waals surface area contributed by atoms with Crippen LogP contribution in [0, 0.1) is 11.7 Å². The molecule has 1 aromatic heterocycles. The van der Waals surface area contributed by atoms with Gasteiger partial charge in [0, 0.05) is 13.2 Å². The molecule has 0 spiro atoms. The van der Waals surface area contributed by atoms with E-state index in [2.05, 4.69) is 17.1 Å². The minimum atomic E-state index is 0.668. The van der Waals surface area contributed by atoms with Gasteiger partial charge in [-0.05, 0) is 25.6 Å². The molecule has 0 saturated heterocycles. The summed E-state index contributed by atoms with van der Waals surface area (Å²) in [6, 6.07) is 0. The maximum atomic E-state index is 5.45. The lowest BCUT2D eigenvalue weighted by Crippen LogP contribution is -2.08. The van der Waals surface area contributed by atoms with Gasteiger partial charge in [-0.2, -0.15) is 5.10 Å². The van der Waals surface area contributed by atoms with Crippen LogP contribution >= 0.6 is 12.2 Å². The van der Waals surface area contributed by atoms with E-state index in [-0.39, 0.29) is 0 Å². The van der Waals surface area contributed by atoms with Gasteiger partial charge in [-0.15, -0.1) is 0 Å². The van der Waals surface area contributed by atoms with Gasteiger partial charge in [-0.1, -0.05) is 13.3 Å². The normalized spacial score (nSPS) is 10.7. The Morgan fingerprint density at radius 3 is 2.86 bits per heavy atom. The summed E-state index contributed by atoms with van der Waals surface area (Å²) >= 11 is 5.06. The molecule has 1 aromatic rings. The van der Waals surface area contributed by atoms with Crippen LogP contribution in [0.1, 0.15) is 25.6 Å². The van der Waals surface area contributed by atoms with Crippen LogP contribution in [0.15, 0.2) is 0 Å². The van der Waals surface area contributed by atoms with Crippen molar-refractivity contribution in [2.45, 2.75) is 33.2 Å². The molecule has 14 heavy (non-hydrogen) atoms. The number of nitrogens with one attached hydrogen (secondary N) is 1. The van der Waals surface area contributed by atoms with Gasteiger partial charge in [-0.3, -0.25) is 5.10 Å². The molecular formula is C9H17N3OS. The molecule has 80 valence electrons. The van der Waals surface area contributed by atoms with E-state index in [1.807, 2.05) is 11.5 Å². The third kappa shape index (κ3) is 3.23. The molecule has 0 unspecified atom stereocenters. The molecule has 0 radical (unpaired) electrons. The number of rotatable bonds is 6. The van der Waals surface area contributed by atoms with Gasteiger partial charge in [0.15, 0.2) is 4.77 Å². The Morgan fingerprint density at radius 1 is 1.50 bits per heavy atom. The van der Waals surface area contributed by atoms with Crippen molar-refractivity contribution in [3.05, 3.63) is 10.6 Å². The second kappa shape index (κ2) is 5.93. The van der Waals surface area contributed by atoms with Crippen molar-refractivity contribution >= 4 is 12.2 Å². The fourth-order valence-corrected chi connectivity index (χ4v) is 1.43. The predicted molar refractivity (Wildman–Crippen MR) is 57.9 cm³/mol. The fraction of sp³-hybridized carbons (Fsp3) is 0.778. The van der Waals surface area contributed by atoms with Crippen LogP contribution in [0.4, 0.5) is 0 Å². The van der Waals surface area contributed by atoms with Crippen LogP contribution in [0.3, 0.4) is 0 Å². The number of aryl methyl sites for hydroxylation is 1. The van der Waals surface area contributed by atoms with Crippen molar-refractivity contribution in [2.75, 3.05) is 13.2 Å². The van der Waals surface area contributed by atoms with Crippen molar-refractivity contribution < 1.29 is 4.74 Å². The summed E-state index contributed by atoms with van der Waals surface area (Å²) in [5.74, 6) is 0.911. The minimum absolute atomic E-state index is 0.668. The molecule has 1 rings (SSSR count). The number of aromatic nitrogens is 3. The fourth-order valence-electron chi connectivity index (χ4n) is 1.16. The molecule has 0 aliphatic rings. The molecule has 0 amide bonds. The third-order valence-electron chi connectivity index (χ3n) is 2.05. The first-order chi connectivity index (χ1) is 6.75. The summed E-state index contributed by atoms with van der Waals surface area (Å²) < 4.78 is 8.06. The second-order valence-electron chi connectivity index (χ2n) is 3.19. The van der Waals surface area contributed by atoms with Crippen LogP contribution in [0.2, 0.25) is 0 Å². The molecule has 1 N–H and O–H groups in total. The standard InChI is InChI=1S/C9H17N3OS/c1-3-4-6-13-7-5-12-8(2)10-11-9(12)14/h3-7H2,1-2H3,(H,11,14). The summed E-state index contributed by atoms with van der Waals surface area (Å²) in [6.45, 7) is 6.40. The first-order valence-corrected chi connectivity index (χ1v) is 5.36. The van der Waals surface area contributed by atoms with Crippen molar-refractivity contribution in [3.8, 4) is 0 Å². The molecule has 0 aliphatic heterocycles. The Hall–Kier alpha value is -0.680. The number of nitrogens with zero attached hydrogens (tertiary/aromatic N) is 2. The van der Waals surface area contributed by atoms with Gasteiger partial charge in [0.1, 0.15) is 5.82 Å². The van der Waals surface area contributed by atoms with E-state index in [9.17, 15) is 0 Å². The van der Waals surface area contributed by atoms with Crippen molar-refractivity contribution in [2.24, 2.45) is 0 Å². The van der Waals surface area contributed by atoms with E-state index in [1.165, 1.54) is 6.42 Å². The van der Waals surface area contributed by atoms with Crippen LogP contribution in [-0.4, -0.2) is 28.0 Å². The Morgan fingerprint density at radius 2 is 2.29 bits per heavy atom. The van der Waals surface area contributed by atoms with Gasteiger partial charge in [0.2, 0.25) is 0 Å². The minimum Gasteiger partial charge on any atom is -0.380 e. The first kappa shape index (κ1) is 11.4. The summed E-state index contributed by atoms with van der Waals surface area (Å²) in [5, 5.41) is 6.77. The lowest BCUT2D eigenvalue weighted by molar-refractivity contribution is 0.123. The van der Waals surface area contributed by atoms with E-state index < -0.39 is 0 Å². The smallest absolute Gasteiger partial charge is 0.195 e. The molecule has 0 aromatic carbocycles. The Balaban J connectivity index is 2.28. The number of hydrogen-bond acceptors (Lipinski definition) is 3. The number of H-pyrrole nitrogens is 1. The molecule has 0 aliphatic carbocycles. The zero-order valence-corrected chi connectivity index (χ0v) is 9.56. The highest BCUT2D eigenvalue weighted by molar-refractivity contribution is 7.71. The Kier molecular flexibility index (Phi) is 4.82. The monoisotopic (exact) mass is 215 g/mol. The van der Waals surface area contributed by atoms with Crippen LogP contribution in [0.25, 0.3) is 0 Å². The van der Waals surface area contributed by atoms with E-state index in [0.29, 0.717) is 11.4 Å². The molecule has 0 atom stereocenters. The van der Waals surface area contributed by atoms with E-state index in [4.69, 9.17) is 17.0 Å². The van der Waals surface area contributed by atoms with Crippen molar-refractivity contribution in [1.29, 1.82) is 0 Å². The highest BCUT2D eigenvalue weighted by atomic mass is 32.1. The number of aromatic amines is 1. The summed E-state index contributed by atoms with van der Waals surface area (Å²) in [7, 11) is 0.